The fourth-order valence-electron chi connectivity index (χ4n) is 1.38. The summed E-state index contributed by atoms with van der Waals surface area (Å²) in [4.78, 5) is 4.25. The van der Waals surface area contributed by atoms with Crippen molar-refractivity contribution in [2.75, 3.05) is 0 Å². The van der Waals surface area contributed by atoms with Gasteiger partial charge in [-0.05, 0) is 30.2 Å². The summed E-state index contributed by atoms with van der Waals surface area (Å²) in [6.07, 6.45) is 4.59. The molecule has 0 aliphatic heterocycles. The summed E-state index contributed by atoms with van der Waals surface area (Å²) >= 11 is 1.70. The zero-order valence-corrected chi connectivity index (χ0v) is 9.46. The number of nitrogens with zero attached hydrogens (tertiary/aromatic N) is 1. The van der Waals surface area contributed by atoms with Gasteiger partial charge in [-0.15, -0.1) is 0 Å². The molecule has 15 heavy (non-hydrogen) atoms. The van der Waals surface area contributed by atoms with Gasteiger partial charge in [-0.2, -0.15) is 0 Å². The van der Waals surface area contributed by atoms with E-state index in [2.05, 4.69) is 11.9 Å². The molecule has 2 rings (SSSR count). The Morgan fingerprint density at radius 2 is 2.27 bits per heavy atom. The largest absolute Gasteiger partial charge is 0.468 e. The first-order valence-corrected chi connectivity index (χ1v) is 5.97. The van der Waals surface area contributed by atoms with Crippen molar-refractivity contribution in [3.8, 4) is 0 Å². The molecular weight excluding hydrogens is 206 g/mol. The molecule has 0 amide bonds. The Morgan fingerprint density at radius 1 is 1.33 bits per heavy atom. The summed E-state index contributed by atoms with van der Waals surface area (Å²) in [6, 6.07) is 7.97. The molecule has 3 heteroatoms. The molecule has 0 aliphatic carbocycles. The highest BCUT2D eigenvalue weighted by Gasteiger charge is 2.05. The highest BCUT2D eigenvalue weighted by atomic mass is 32.2. The normalized spacial score (nSPS) is 10.5. The van der Waals surface area contributed by atoms with Gasteiger partial charge in [-0.25, -0.2) is 4.98 Å². The number of hydrogen-bond donors (Lipinski definition) is 0. The maximum Gasteiger partial charge on any atom is 0.117 e. The lowest BCUT2D eigenvalue weighted by Crippen LogP contribution is -1.85. The van der Waals surface area contributed by atoms with Crippen LogP contribution in [0.5, 0.6) is 0 Å². The summed E-state index contributed by atoms with van der Waals surface area (Å²) < 4.78 is 5.43. The van der Waals surface area contributed by atoms with Crippen LogP contribution >= 0.6 is 11.8 Å². The van der Waals surface area contributed by atoms with Crippen molar-refractivity contribution in [3.05, 3.63) is 48.0 Å². The van der Waals surface area contributed by atoms with Crippen molar-refractivity contribution < 1.29 is 4.42 Å². The molecular formula is C12H13NOS. The molecule has 2 heterocycles. The maximum absolute atomic E-state index is 5.43. The van der Waals surface area contributed by atoms with E-state index in [-0.39, 0.29) is 0 Å². The van der Waals surface area contributed by atoms with E-state index in [4.69, 9.17) is 4.42 Å². The zero-order valence-electron chi connectivity index (χ0n) is 8.64. The molecule has 0 unspecified atom stereocenters. The van der Waals surface area contributed by atoms with Crippen LogP contribution in [-0.4, -0.2) is 4.98 Å². The van der Waals surface area contributed by atoms with Gasteiger partial charge in [0.05, 0.1) is 17.0 Å². The summed E-state index contributed by atoms with van der Waals surface area (Å²) in [7, 11) is 0. The van der Waals surface area contributed by atoms with E-state index in [0.717, 1.165) is 23.0 Å². The van der Waals surface area contributed by atoms with E-state index in [1.54, 1.807) is 18.0 Å². The topological polar surface area (TPSA) is 26.0 Å². The Labute approximate surface area is 93.7 Å². The first kappa shape index (κ1) is 10.3. The van der Waals surface area contributed by atoms with E-state index in [1.807, 2.05) is 30.5 Å². The van der Waals surface area contributed by atoms with Crippen LogP contribution in [0.2, 0.25) is 0 Å². The summed E-state index contributed by atoms with van der Waals surface area (Å²) in [5.41, 5.74) is 1.29. The number of hydrogen-bond acceptors (Lipinski definition) is 3. The average Bonchev–Trinajstić information content (AvgIpc) is 2.75. The minimum absolute atomic E-state index is 0.854. The van der Waals surface area contributed by atoms with Crippen LogP contribution < -0.4 is 0 Å². The molecule has 2 aromatic heterocycles. The summed E-state index contributed by atoms with van der Waals surface area (Å²) in [6.45, 7) is 2.14. The van der Waals surface area contributed by atoms with Crippen molar-refractivity contribution >= 4 is 11.8 Å². The number of aromatic nitrogens is 1. The third-order valence-corrected chi connectivity index (χ3v) is 3.15. The lowest BCUT2D eigenvalue weighted by Gasteiger charge is -1.99. The molecule has 78 valence electrons. The van der Waals surface area contributed by atoms with E-state index in [1.165, 1.54) is 5.56 Å². The molecule has 0 radical (unpaired) electrons. The Hall–Kier alpha value is -1.22. The molecule has 0 aromatic carbocycles. The van der Waals surface area contributed by atoms with Crippen LogP contribution in [0, 0.1) is 0 Å². The SMILES string of the molecule is CCc1ccoc1CSc1ccccn1. The zero-order chi connectivity index (χ0) is 10.5. The molecule has 0 N–H and O–H groups in total. The molecule has 0 atom stereocenters. The number of rotatable bonds is 4. The van der Waals surface area contributed by atoms with Gasteiger partial charge in [-0.1, -0.05) is 24.8 Å². The summed E-state index contributed by atoms with van der Waals surface area (Å²) in [5.74, 6) is 1.92. The monoisotopic (exact) mass is 219 g/mol. The predicted molar refractivity (Wildman–Crippen MR) is 61.9 cm³/mol. The molecule has 0 saturated carbocycles. The second-order valence-electron chi connectivity index (χ2n) is 3.18. The van der Waals surface area contributed by atoms with Crippen molar-refractivity contribution in [1.29, 1.82) is 0 Å². The van der Waals surface area contributed by atoms with Gasteiger partial charge in [0.1, 0.15) is 5.76 Å². The Balaban J connectivity index is 1.99. The van der Waals surface area contributed by atoms with Crippen LogP contribution in [0.4, 0.5) is 0 Å². The molecule has 0 fully saturated rings. The van der Waals surface area contributed by atoms with Crippen molar-refractivity contribution in [2.24, 2.45) is 0 Å². The van der Waals surface area contributed by atoms with E-state index < -0.39 is 0 Å². The lowest BCUT2D eigenvalue weighted by atomic mass is 10.2. The predicted octanol–water partition coefficient (Wildman–Crippen LogP) is 3.53. The smallest absolute Gasteiger partial charge is 0.117 e. The fourth-order valence-corrected chi connectivity index (χ4v) is 2.22. The highest BCUT2D eigenvalue weighted by Crippen LogP contribution is 2.23. The lowest BCUT2D eigenvalue weighted by molar-refractivity contribution is 0.526. The molecule has 2 aromatic rings. The standard InChI is InChI=1S/C12H13NOS/c1-2-10-6-8-14-11(10)9-15-12-5-3-4-7-13-12/h3-8H,2,9H2,1H3. The quantitative estimate of drug-likeness (QED) is 0.736. The molecule has 0 aliphatic rings. The maximum atomic E-state index is 5.43. The Morgan fingerprint density at radius 3 is 3.00 bits per heavy atom. The van der Waals surface area contributed by atoms with Gasteiger partial charge in [-0.3, -0.25) is 0 Å². The first-order valence-electron chi connectivity index (χ1n) is 4.99. The van der Waals surface area contributed by atoms with Gasteiger partial charge < -0.3 is 4.42 Å². The van der Waals surface area contributed by atoms with Gasteiger partial charge in [0.25, 0.3) is 0 Å². The summed E-state index contributed by atoms with van der Waals surface area (Å²) in [5, 5.41) is 1.04. The Bertz CT molecular complexity index is 411. The van der Waals surface area contributed by atoms with Crippen LogP contribution in [0.3, 0.4) is 0 Å². The van der Waals surface area contributed by atoms with Crippen LogP contribution in [-0.2, 0) is 12.2 Å². The van der Waals surface area contributed by atoms with Crippen LogP contribution in [0.1, 0.15) is 18.2 Å². The van der Waals surface area contributed by atoms with Gasteiger partial charge in [0, 0.05) is 6.20 Å². The minimum Gasteiger partial charge on any atom is -0.468 e. The number of thioether (sulfide) groups is 1. The molecule has 0 saturated heterocycles. The van der Waals surface area contributed by atoms with Crippen molar-refractivity contribution in [3.63, 3.8) is 0 Å². The second-order valence-corrected chi connectivity index (χ2v) is 4.17. The van der Waals surface area contributed by atoms with Crippen LogP contribution in [0.15, 0.2) is 46.2 Å². The fraction of sp³-hybridized carbons (Fsp3) is 0.250. The Kier molecular flexibility index (Phi) is 3.45. The third kappa shape index (κ3) is 2.63. The second kappa shape index (κ2) is 5.03. The number of aryl methyl sites for hydroxylation is 1. The van der Waals surface area contributed by atoms with Gasteiger partial charge in [0.2, 0.25) is 0 Å². The van der Waals surface area contributed by atoms with E-state index in [9.17, 15) is 0 Å². The molecule has 2 nitrogen and oxygen atoms in total. The molecule has 0 bridgehead atoms. The highest BCUT2D eigenvalue weighted by molar-refractivity contribution is 7.98. The van der Waals surface area contributed by atoms with Gasteiger partial charge in [0.15, 0.2) is 0 Å². The number of furan rings is 1. The van der Waals surface area contributed by atoms with Crippen molar-refractivity contribution in [2.45, 2.75) is 24.1 Å². The number of pyridine rings is 1. The van der Waals surface area contributed by atoms with E-state index in [0.29, 0.717) is 0 Å². The van der Waals surface area contributed by atoms with Gasteiger partial charge >= 0.3 is 0 Å². The average molecular weight is 219 g/mol. The first-order chi connectivity index (χ1) is 7.40. The van der Waals surface area contributed by atoms with E-state index >= 15 is 0 Å². The van der Waals surface area contributed by atoms with Crippen molar-refractivity contribution in [1.82, 2.24) is 4.98 Å². The minimum atomic E-state index is 0.854. The third-order valence-electron chi connectivity index (χ3n) is 2.21. The molecule has 0 spiro atoms. The van der Waals surface area contributed by atoms with Crippen LogP contribution in [0.25, 0.3) is 0 Å².